The van der Waals surface area contributed by atoms with Crippen molar-refractivity contribution in [2.45, 2.75) is 45.3 Å². The van der Waals surface area contributed by atoms with Crippen LogP contribution < -0.4 is 14.2 Å². The maximum Gasteiger partial charge on any atom is 0.305 e. The molecule has 0 atom stereocenters. The number of esters is 1. The first-order valence-corrected chi connectivity index (χ1v) is 15.1. The molecule has 1 heterocycles. The number of methoxy groups -OCH3 is 2. The zero-order valence-electron chi connectivity index (χ0n) is 25.2. The van der Waals surface area contributed by atoms with Gasteiger partial charge in [-0.15, -0.1) is 0 Å². The van der Waals surface area contributed by atoms with E-state index in [4.69, 9.17) is 18.9 Å². The van der Waals surface area contributed by atoms with E-state index in [1.807, 2.05) is 30.3 Å². The molecule has 0 bridgehead atoms. The molecule has 0 aliphatic carbocycles. The van der Waals surface area contributed by atoms with Crippen molar-refractivity contribution >= 4 is 5.97 Å². The van der Waals surface area contributed by atoms with Gasteiger partial charge in [0.1, 0.15) is 23.9 Å². The van der Waals surface area contributed by atoms with E-state index < -0.39 is 0 Å². The summed E-state index contributed by atoms with van der Waals surface area (Å²) < 4.78 is 22.6. The molecule has 1 fully saturated rings. The minimum atomic E-state index is -0.223. The lowest BCUT2D eigenvalue weighted by Crippen LogP contribution is -2.18. The normalized spacial score (nSPS) is 13.1. The van der Waals surface area contributed by atoms with E-state index in [2.05, 4.69) is 65.6 Å². The number of carbonyl (C=O) groups is 1. The lowest BCUT2D eigenvalue weighted by atomic mass is 9.94. The molecular formula is C37H41NO5. The molecule has 6 nitrogen and oxygen atoms in total. The highest BCUT2D eigenvalue weighted by Gasteiger charge is 2.16. The Morgan fingerprint density at radius 1 is 0.767 bits per heavy atom. The van der Waals surface area contributed by atoms with Crippen LogP contribution in [0.2, 0.25) is 0 Å². The van der Waals surface area contributed by atoms with Gasteiger partial charge in [-0.2, -0.15) is 0 Å². The first-order valence-electron chi connectivity index (χ1n) is 15.1. The molecule has 0 unspecified atom stereocenters. The Balaban J connectivity index is 1.35. The molecule has 0 N–H and O–H groups in total. The van der Waals surface area contributed by atoms with Gasteiger partial charge in [0.25, 0.3) is 0 Å². The Morgan fingerprint density at radius 3 is 2.26 bits per heavy atom. The van der Waals surface area contributed by atoms with E-state index in [-0.39, 0.29) is 5.97 Å². The van der Waals surface area contributed by atoms with Gasteiger partial charge in [0.15, 0.2) is 0 Å². The van der Waals surface area contributed by atoms with Gasteiger partial charge in [-0.1, -0.05) is 60.7 Å². The molecule has 1 saturated heterocycles. The highest BCUT2D eigenvalue weighted by molar-refractivity contribution is 5.70. The van der Waals surface area contributed by atoms with Crippen molar-refractivity contribution < 1.29 is 23.7 Å². The Labute approximate surface area is 255 Å². The topological polar surface area (TPSA) is 57.2 Å². The molecule has 1 aliphatic rings. The van der Waals surface area contributed by atoms with Crippen LogP contribution in [0.1, 0.15) is 47.9 Å². The molecule has 4 aromatic rings. The number of benzene rings is 4. The zero-order chi connectivity index (χ0) is 29.9. The van der Waals surface area contributed by atoms with Crippen molar-refractivity contribution in [3.05, 3.63) is 113 Å². The van der Waals surface area contributed by atoms with E-state index in [1.165, 1.54) is 36.6 Å². The number of likely N-dealkylation sites (tertiary alicyclic amines) is 1. The Bertz CT molecular complexity index is 1460. The van der Waals surface area contributed by atoms with Crippen molar-refractivity contribution in [1.29, 1.82) is 0 Å². The van der Waals surface area contributed by atoms with E-state index in [0.29, 0.717) is 26.1 Å². The smallest absolute Gasteiger partial charge is 0.305 e. The van der Waals surface area contributed by atoms with Crippen LogP contribution in [0.15, 0.2) is 91.0 Å². The van der Waals surface area contributed by atoms with Gasteiger partial charge in [-0.3, -0.25) is 9.69 Å². The largest absolute Gasteiger partial charge is 0.496 e. The summed E-state index contributed by atoms with van der Waals surface area (Å²) in [6.07, 6.45) is 4.27. The number of nitrogens with zero attached hydrogens (tertiary/aromatic N) is 1. The lowest BCUT2D eigenvalue weighted by molar-refractivity contribution is -0.140. The van der Waals surface area contributed by atoms with Crippen molar-refractivity contribution in [3.8, 4) is 28.4 Å². The van der Waals surface area contributed by atoms with Crippen LogP contribution in [0.3, 0.4) is 0 Å². The molecule has 0 amide bonds. The summed E-state index contributed by atoms with van der Waals surface area (Å²) in [6.45, 7) is 4.21. The van der Waals surface area contributed by atoms with Gasteiger partial charge in [0.2, 0.25) is 0 Å². The zero-order valence-corrected chi connectivity index (χ0v) is 25.2. The van der Waals surface area contributed by atoms with Crippen molar-refractivity contribution in [3.63, 3.8) is 0 Å². The van der Waals surface area contributed by atoms with Crippen molar-refractivity contribution in [2.75, 3.05) is 33.9 Å². The summed E-state index contributed by atoms with van der Waals surface area (Å²) in [7, 11) is 3.16. The first kappa shape index (κ1) is 30.2. The number of hydrogen-bond donors (Lipinski definition) is 0. The van der Waals surface area contributed by atoms with Crippen LogP contribution in [-0.4, -0.2) is 44.8 Å². The van der Waals surface area contributed by atoms with Crippen LogP contribution in [0.4, 0.5) is 0 Å². The first-order chi connectivity index (χ1) is 21.1. The summed E-state index contributed by atoms with van der Waals surface area (Å²) >= 11 is 0. The van der Waals surface area contributed by atoms with Gasteiger partial charge in [-0.25, -0.2) is 0 Å². The van der Waals surface area contributed by atoms with Gasteiger partial charge in [0.05, 0.1) is 20.8 Å². The summed E-state index contributed by atoms with van der Waals surface area (Å²) in [4.78, 5) is 13.9. The average molecular weight is 580 g/mol. The second-order valence-corrected chi connectivity index (χ2v) is 11.0. The fraction of sp³-hybridized carbons (Fsp3) is 0.324. The third-order valence-corrected chi connectivity index (χ3v) is 7.86. The third-order valence-electron chi connectivity index (χ3n) is 7.86. The third kappa shape index (κ3) is 8.62. The summed E-state index contributed by atoms with van der Waals surface area (Å²) in [6, 6.07) is 31.3. The van der Waals surface area contributed by atoms with Crippen molar-refractivity contribution in [2.24, 2.45) is 0 Å². The molecule has 6 heteroatoms. The molecule has 43 heavy (non-hydrogen) atoms. The minimum Gasteiger partial charge on any atom is -0.496 e. The van der Waals surface area contributed by atoms with E-state index in [0.717, 1.165) is 60.0 Å². The van der Waals surface area contributed by atoms with Crippen LogP contribution in [0, 0.1) is 0 Å². The molecular weight excluding hydrogens is 538 g/mol. The van der Waals surface area contributed by atoms with Crippen molar-refractivity contribution in [1.82, 2.24) is 4.90 Å². The van der Waals surface area contributed by atoms with Gasteiger partial charge in [-0.05, 0) is 96.9 Å². The predicted octanol–water partition coefficient (Wildman–Crippen LogP) is 7.46. The number of rotatable bonds is 14. The monoisotopic (exact) mass is 579 g/mol. The summed E-state index contributed by atoms with van der Waals surface area (Å²) in [5, 5.41) is 0. The molecule has 224 valence electrons. The van der Waals surface area contributed by atoms with E-state index in [1.54, 1.807) is 7.11 Å². The standard InChI is InChI=1S/C37H41NO5/c1-40-36-24-29(12-13-32(36)26-38-20-6-7-21-38)23-31-16-19-34(43-27-28-9-4-3-5-10-28)25-35(31)30-14-17-33(18-15-30)42-22-8-11-37(39)41-2/h3-5,9-10,12-19,24-25H,6-8,11,20-23,26-27H2,1-2H3. The summed E-state index contributed by atoms with van der Waals surface area (Å²) in [5.74, 6) is 2.32. The molecule has 0 aromatic heterocycles. The molecule has 4 aromatic carbocycles. The van der Waals surface area contributed by atoms with E-state index in [9.17, 15) is 4.79 Å². The molecule has 0 radical (unpaired) electrons. The lowest BCUT2D eigenvalue weighted by Gasteiger charge is -2.18. The van der Waals surface area contributed by atoms with Crippen LogP contribution in [0.5, 0.6) is 17.2 Å². The summed E-state index contributed by atoms with van der Waals surface area (Å²) in [5.41, 5.74) is 6.96. The SMILES string of the molecule is COC(=O)CCCOc1ccc(-c2cc(OCc3ccccc3)ccc2Cc2ccc(CN3CCCC3)c(OC)c2)cc1. The molecule has 5 rings (SSSR count). The number of carbonyl (C=O) groups excluding carboxylic acids is 1. The Morgan fingerprint density at radius 2 is 1.51 bits per heavy atom. The number of ether oxygens (including phenoxy) is 4. The maximum absolute atomic E-state index is 11.4. The predicted molar refractivity (Wildman–Crippen MR) is 170 cm³/mol. The fourth-order valence-corrected chi connectivity index (χ4v) is 5.48. The van der Waals surface area contributed by atoms with Crippen LogP contribution in [-0.2, 0) is 29.1 Å². The quantitative estimate of drug-likeness (QED) is 0.114. The number of hydrogen-bond acceptors (Lipinski definition) is 6. The molecule has 1 aliphatic heterocycles. The fourth-order valence-electron chi connectivity index (χ4n) is 5.48. The highest BCUT2D eigenvalue weighted by atomic mass is 16.5. The van der Waals surface area contributed by atoms with Gasteiger partial charge < -0.3 is 18.9 Å². The van der Waals surface area contributed by atoms with Crippen LogP contribution in [0.25, 0.3) is 11.1 Å². The highest BCUT2D eigenvalue weighted by Crippen LogP contribution is 2.33. The van der Waals surface area contributed by atoms with Gasteiger partial charge >= 0.3 is 5.97 Å². The Hall–Kier alpha value is -4.29. The second kappa shape index (κ2) is 15.3. The molecule has 0 spiro atoms. The van der Waals surface area contributed by atoms with E-state index >= 15 is 0 Å². The second-order valence-electron chi connectivity index (χ2n) is 11.0. The Kier molecular flexibility index (Phi) is 10.7. The van der Waals surface area contributed by atoms with Crippen LogP contribution >= 0.6 is 0 Å². The minimum absolute atomic E-state index is 0.223. The van der Waals surface area contributed by atoms with Gasteiger partial charge in [0, 0.05) is 18.5 Å². The molecule has 0 saturated carbocycles. The average Bonchev–Trinajstić information content (AvgIpc) is 3.57. The maximum atomic E-state index is 11.4.